The van der Waals surface area contributed by atoms with Gasteiger partial charge in [-0.05, 0) is 43.9 Å². The predicted molar refractivity (Wildman–Crippen MR) is 99.3 cm³/mol. The summed E-state index contributed by atoms with van der Waals surface area (Å²) < 4.78 is 0. The molecular weight excluding hydrogens is 332 g/mol. The molecule has 26 heavy (non-hydrogen) atoms. The number of nitrogens with one attached hydrogen (secondary N) is 1. The van der Waals surface area contributed by atoms with Crippen molar-refractivity contribution in [1.82, 2.24) is 10.3 Å². The van der Waals surface area contributed by atoms with Crippen LogP contribution in [-0.2, 0) is 0 Å². The van der Waals surface area contributed by atoms with Crippen molar-refractivity contribution in [3.8, 4) is 0 Å². The summed E-state index contributed by atoms with van der Waals surface area (Å²) in [6.45, 7) is 4.09. The third-order valence-electron chi connectivity index (χ3n) is 4.94. The third kappa shape index (κ3) is 3.99. The van der Waals surface area contributed by atoms with Gasteiger partial charge in [-0.3, -0.25) is 19.9 Å². The summed E-state index contributed by atoms with van der Waals surface area (Å²) in [5.41, 5.74) is 1.92. The van der Waals surface area contributed by atoms with Gasteiger partial charge < -0.3 is 10.2 Å². The molecule has 0 radical (unpaired) electrons. The van der Waals surface area contributed by atoms with Crippen molar-refractivity contribution in [3.05, 3.63) is 64.0 Å². The summed E-state index contributed by atoms with van der Waals surface area (Å²) in [6.07, 6.45) is 5.58. The average molecular weight is 354 g/mol. The van der Waals surface area contributed by atoms with Crippen LogP contribution in [0.4, 0.5) is 11.4 Å². The molecule has 1 fully saturated rings. The van der Waals surface area contributed by atoms with Crippen LogP contribution in [0.1, 0.15) is 28.8 Å². The molecule has 1 amide bonds. The highest BCUT2D eigenvalue weighted by molar-refractivity contribution is 5.96. The first-order chi connectivity index (χ1) is 12.6. The van der Waals surface area contributed by atoms with Crippen LogP contribution in [0.25, 0.3) is 0 Å². The van der Waals surface area contributed by atoms with Gasteiger partial charge in [0.25, 0.3) is 11.6 Å². The molecule has 3 rings (SSSR count). The number of amides is 1. The zero-order valence-electron chi connectivity index (χ0n) is 14.7. The fourth-order valence-electron chi connectivity index (χ4n) is 3.35. The Morgan fingerprint density at radius 3 is 2.62 bits per heavy atom. The monoisotopic (exact) mass is 354 g/mol. The van der Waals surface area contributed by atoms with E-state index in [1.165, 1.54) is 11.8 Å². The minimum Gasteiger partial charge on any atom is -0.371 e. The lowest BCUT2D eigenvalue weighted by molar-refractivity contribution is -0.385. The molecule has 0 atom stereocenters. The van der Waals surface area contributed by atoms with E-state index in [-0.39, 0.29) is 11.6 Å². The smallest absolute Gasteiger partial charge is 0.273 e. The molecule has 1 saturated heterocycles. The number of aromatic nitrogens is 1. The number of carbonyl (C=O) groups excluding carboxylic acids is 1. The van der Waals surface area contributed by atoms with E-state index < -0.39 is 4.92 Å². The van der Waals surface area contributed by atoms with Crippen molar-refractivity contribution in [1.29, 1.82) is 0 Å². The van der Waals surface area contributed by atoms with Crippen molar-refractivity contribution < 1.29 is 9.72 Å². The predicted octanol–water partition coefficient (Wildman–Crippen LogP) is 2.94. The van der Waals surface area contributed by atoms with Crippen LogP contribution in [0.3, 0.4) is 0 Å². The number of nitro groups is 1. The quantitative estimate of drug-likeness (QED) is 0.659. The Balaban J connectivity index is 1.53. The van der Waals surface area contributed by atoms with E-state index in [0.717, 1.165) is 25.9 Å². The van der Waals surface area contributed by atoms with Crippen molar-refractivity contribution in [2.75, 3.05) is 24.5 Å². The Hall–Kier alpha value is -2.96. The van der Waals surface area contributed by atoms with E-state index in [1.807, 2.05) is 12.1 Å². The number of nitrogens with zero attached hydrogens (tertiary/aromatic N) is 3. The minimum absolute atomic E-state index is 0.0247. The zero-order chi connectivity index (χ0) is 18.5. The molecule has 1 aromatic carbocycles. The Bertz CT molecular complexity index is 787. The zero-order valence-corrected chi connectivity index (χ0v) is 14.7. The highest BCUT2D eigenvalue weighted by Crippen LogP contribution is 2.23. The number of hydrogen-bond donors (Lipinski definition) is 1. The molecule has 7 nitrogen and oxygen atoms in total. The van der Waals surface area contributed by atoms with Gasteiger partial charge in [0.2, 0.25) is 0 Å². The van der Waals surface area contributed by atoms with Crippen LogP contribution < -0.4 is 10.2 Å². The Morgan fingerprint density at radius 1 is 1.27 bits per heavy atom. The highest BCUT2D eigenvalue weighted by atomic mass is 16.6. The fourth-order valence-corrected chi connectivity index (χ4v) is 3.35. The summed E-state index contributed by atoms with van der Waals surface area (Å²) in [7, 11) is 0. The molecule has 0 spiro atoms. The first-order valence-electron chi connectivity index (χ1n) is 8.73. The van der Waals surface area contributed by atoms with E-state index in [2.05, 4.69) is 15.2 Å². The van der Waals surface area contributed by atoms with Crippen molar-refractivity contribution in [2.45, 2.75) is 19.8 Å². The van der Waals surface area contributed by atoms with Gasteiger partial charge >= 0.3 is 0 Å². The Morgan fingerprint density at radius 2 is 1.96 bits per heavy atom. The second-order valence-corrected chi connectivity index (χ2v) is 6.55. The Kier molecular flexibility index (Phi) is 5.46. The molecule has 7 heteroatoms. The molecule has 136 valence electrons. The number of carbonyl (C=O) groups is 1. The van der Waals surface area contributed by atoms with Gasteiger partial charge in [-0.25, -0.2) is 0 Å². The van der Waals surface area contributed by atoms with Crippen LogP contribution in [0.15, 0.2) is 42.7 Å². The molecule has 1 N–H and O–H groups in total. The van der Waals surface area contributed by atoms with E-state index in [4.69, 9.17) is 0 Å². The van der Waals surface area contributed by atoms with E-state index in [9.17, 15) is 14.9 Å². The minimum atomic E-state index is -0.457. The maximum atomic E-state index is 12.4. The first kappa shape index (κ1) is 17.8. The largest absolute Gasteiger partial charge is 0.371 e. The van der Waals surface area contributed by atoms with Gasteiger partial charge in [-0.1, -0.05) is 6.07 Å². The van der Waals surface area contributed by atoms with Crippen LogP contribution >= 0.6 is 0 Å². The van der Waals surface area contributed by atoms with Crippen LogP contribution in [0.2, 0.25) is 0 Å². The Labute approximate surface area is 152 Å². The lowest BCUT2D eigenvalue weighted by Gasteiger charge is -2.33. The lowest BCUT2D eigenvalue weighted by Crippen LogP contribution is -2.38. The number of pyridine rings is 1. The van der Waals surface area contributed by atoms with Gasteiger partial charge in [0.1, 0.15) is 0 Å². The summed E-state index contributed by atoms with van der Waals surface area (Å²) in [4.78, 5) is 29.3. The van der Waals surface area contributed by atoms with Crippen LogP contribution in [0, 0.1) is 23.0 Å². The number of rotatable bonds is 5. The maximum Gasteiger partial charge on any atom is 0.273 e. The third-order valence-corrected chi connectivity index (χ3v) is 4.94. The van der Waals surface area contributed by atoms with Gasteiger partial charge in [0, 0.05) is 54.9 Å². The first-order valence-corrected chi connectivity index (χ1v) is 8.73. The summed E-state index contributed by atoms with van der Waals surface area (Å²) in [5, 5.41) is 14.0. The van der Waals surface area contributed by atoms with Crippen molar-refractivity contribution in [3.63, 3.8) is 0 Å². The van der Waals surface area contributed by atoms with E-state index >= 15 is 0 Å². The number of anilines is 1. The fraction of sp³-hybridized carbons (Fsp3) is 0.368. The van der Waals surface area contributed by atoms with Crippen LogP contribution in [0.5, 0.6) is 0 Å². The molecule has 2 aromatic rings. The van der Waals surface area contributed by atoms with Crippen molar-refractivity contribution >= 4 is 17.3 Å². The number of piperidine rings is 1. The second-order valence-electron chi connectivity index (χ2n) is 6.55. The summed E-state index contributed by atoms with van der Waals surface area (Å²) in [6, 6.07) is 8.61. The standard InChI is InChI=1S/C19H22N4O3/c1-14-17(3-2-4-18(14)23(25)26)19(24)21-13-15-7-11-22(12-8-15)16-5-9-20-10-6-16/h2-6,9-10,15H,7-8,11-13H2,1H3,(H,21,24). The second kappa shape index (κ2) is 7.95. The molecule has 0 unspecified atom stereocenters. The molecule has 0 saturated carbocycles. The average Bonchev–Trinajstić information content (AvgIpc) is 2.67. The highest BCUT2D eigenvalue weighted by Gasteiger charge is 2.22. The number of hydrogen-bond acceptors (Lipinski definition) is 5. The maximum absolute atomic E-state index is 12.4. The molecule has 1 aliphatic heterocycles. The SMILES string of the molecule is Cc1c(C(=O)NCC2CCN(c3ccncc3)CC2)cccc1[N+](=O)[O-]. The lowest BCUT2D eigenvalue weighted by atomic mass is 9.96. The number of nitro benzene ring substituents is 1. The molecule has 0 bridgehead atoms. The van der Waals surface area contributed by atoms with Gasteiger partial charge in [-0.15, -0.1) is 0 Å². The van der Waals surface area contributed by atoms with Crippen LogP contribution in [-0.4, -0.2) is 35.4 Å². The van der Waals surface area contributed by atoms with Gasteiger partial charge in [0.05, 0.1) is 4.92 Å². The van der Waals surface area contributed by atoms with E-state index in [0.29, 0.717) is 23.6 Å². The van der Waals surface area contributed by atoms with Gasteiger partial charge in [-0.2, -0.15) is 0 Å². The van der Waals surface area contributed by atoms with Crippen molar-refractivity contribution in [2.24, 2.45) is 5.92 Å². The molecule has 0 aliphatic carbocycles. The normalized spacial score (nSPS) is 14.9. The number of benzene rings is 1. The molecular formula is C19H22N4O3. The topological polar surface area (TPSA) is 88.4 Å². The summed E-state index contributed by atoms with van der Waals surface area (Å²) >= 11 is 0. The summed E-state index contributed by atoms with van der Waals surface area (Å²) in [5.74, 6) is 0.166. The molecule has 1 aliphatic rings. The van der Waals surface area contributed by atoms with Gasteiger partial charge in [0.15, 0.2) is 0 Å². The molecule has 1 aromatic heterocycles. The molecule has 2 heterocycles. The van der Waals surface area contributed by atoms with E-state index in [1.54, 1.807) is 31.5 Å².